The van der Waals surface area contributed by atoms with E-state index >= 15 is 0 Å². The maximum atomic E-state index is 7.68. The van der Waals surface area contributed by atoms with Gasteiger partial charge in [-0.05, 0) is 0 Å². The van der Waals surface area contributed by atoms with Crippen molar-refractivity contribution in [3.63, 3.8) is 0 Å². The molecule has 0 aromatic carbocycles. The predicted octanol–water partition coefficient (Wildman–Crippen LogP) is 6.79. The van der Waals surface area contributed by atoms with Crippen molar-refractivity contribution >= 4 is 41.8 Å². The summed E-state index contributed by atoms with van der Waals surface area (Å²) in [6.45, 7) is 18.4. The number of halogens is 3. The predicted molar refractivity (Wildman–Crippen MR) is 115 cm³/mol. The van der Waals surface area contributed by atoms with Crippen molar-refractivity contribution < 1.29 is 13.0 Å². The topological polar surface area (TPSA) is 0 Å². The van der Waals surface area contributed by atoms with E-state index in [0.717, 1.165) is 0 Å². The van der Waals surface area contributed by atoms with E-state index in [-0.39, 0.29) is 24.8 Å². The van der Waals surface area contributed by atoms with Gasteiger partial charge in [-0.3, -0.25) is 0 Å². The van der Waals surface area contributed by atoms with Crippen molar-refractivity contribution in [1.29, 1.82) is 0 Å². The van der Waals surface area contributed by atoms with Crippen LogP contribution in [-0.2, 0) is 13.0 Å². The Morgan fingerprint density at radius 1 is 0.708 bits per heavy atom. The standard InChI is InChI=1S/2C9H13.CH3.3ClH.H2Si.Ti/c2*1-6-5-7(2)9(4)8(6)3;;;;;;/h2*6H,1-4H3;1H3;3*1H;1H2;/q;;;;;;;+1/p-1. The Hall–Kier alpha value is 0.761. The molecule has 0 aromatic heterocycles. The summed E-state index contributed by atoms with van der Waals surface area (Å²) in [6.07, 6.45) is 0. The van der Waals surface area contributed by atoms with Gasteiger partial charge in [0.2, 0.25) is 0 Å². The van der Waals surface area contributed by atoms with E-state index in [1.165, 1.54) is 33.4 Å². The summed E-state index contributed by atoms with van der Waals surface area (Å²) in [4.78, 5) is 0. The van der Waals surface area contributed by atoms with Crippen LogP contribution in [0.1, 0.15) is 55.4 Å². The van der Waals surface area contributed by atoms with Gasteiger partial charge in [-0.15, -0.1) is 24.8 Å². The minimum Gasteiger partial charge on any atom is -0.147 e. The zero-order chi connectivity index (χ0) is 17.2. The van der Waals surface area contributed by atoms with Gasteiger partial charge in [0, 0.05) is 0 Å². The van der Waals surface area contributed by atoms with Crippen molar-refractivity contribution in [2.24, 2.45) is 11.8 Å². The first-order valence-corrected chi connectivity index (χ1v) is 17.6. The second kappa shape index (κ2) is 7.41. The van der Waals surface area contributed by atoms with Crippen LogP contribution >= 0.6 is 34.1 Å². The van der Waals surface area contributed by atoms with Gasteiger partial charge in [0.15, 0.2) is 0 Å². The molecule has 2 atom stereocenters. The van der Waals surface area contributed by atoms with Crippen LogP contribution in [0.25, 0.3) is 0 Å². The molecule has 2 rings (SSSR count). The molecule has 24 heavy (non-hydrogen) atoms. The Morgan fingerprint density at radius 3 is 1.12 bits per heavy atom. The number of hydrogen-bond acceptors (Lipinski definition) is 0. The number of allylic oxidation sites excluding steroid dienone is 8. The fourth-order valence-corrected chi connectivity index (χ4v) is 20.4. The molecule has 0 nitrogen and oxygen atoms in total. The zero-order valence-electron chi connectivity index (χ0n) is 16.6. The molecule has 0 aliphatic heterocycles. The SMILES string of the molecule is CC1=C(C)C(C)[C]([Ti]([CH3])(=[SiH2])([Cl])[C]2=C(C)C(C)=C(C)C2C)=C1C.Cl.Cl. The van der Waals surface area contributed by atoms with Crippen molar-refractivity contribution in [2.75, 3.05) is 0 Å². The van der Waals surface area contributed by atoms with E-state index in [2.05, 4.69) is 68.2 Å². The van der Waals surface area contributed by atoms with Crippen molar-refractivity contribution in [1.82, 2.24) is 0 Å². The Kier molecular flexibility index (Phi) is 7.64. The first kappa shape index (κ1) is 24.8. The molecule has 138 valence electrons. The van der Waals surface area contributed by atoms with Crippen LogP contribution in [0.2, 0.25) is 5.23 Å². The molecule has 0 amide bonds. The van der Waals surface area contributed by atoms with Gasteiger partial charge in [-0.25, -0.2) is 0 Å². The minimum absolute atomic E-state index is 0. The minimum atomic E-state index is -3.39. The third kappa shape index (κ3) is 3.35. The van der Waals surface area contributed by atoms with Crippen LogP contribution in [0, 0.1) is 11.8 Å². The zero-order valence-corrected chi connectivity index (χ0v) is 21.9. The van der Waals surface area contributed by atoms with E-state index in [0.29, 0.717) is 11.8 Å². The summed E-state index contributed by atoms with van der Waals surface area (Å²) in [5.41, 5.74) is 8.92. The third-order valence-electron chi connectivity index (χ3n) is 6.67. The van der Waals surface area contributed by atoms with Gasteiger partial charge in [-0.1, -0.05) is 0 Å². The third-order valence-corrected chi connectivity index (χ3v) is 18.4. The molecule has 0 heterocycles. The van der Waals surface area contributed by atoms with E-state index in [9.17, 15) is 0 Å². The van der Waals surface area contributed by atoms with Crippen molar-refractivity contribution in [3.05, 3.63) is 41.2 Å². The molecule has 2 aliphatic carbocycles. The average molecular weight is 444 g/mol. The summed E-state index contributed by atoms with van der Waals surface area (Å²) in [5, 5.41) is 2.43. The Labute approximate surface area is 167 Å². The molecule has 0 bridgehead atoms. The van der Waals surface area contributed by atoms with Crippen LogP contribution in [-0.4, -0.2) is 7.63 Å². The molecular formula is C19H33Cl3SiTi. The molecule has 0 radical (unpaired) electrons. The van der Waals surface area contributed by atoms with Crippen LogP contribution in [0.5, 0.6) is 0 Å². The summed E-state index contributed by atoms with van der Waals surface area (Å²) in [7, 11) is 9.83. The van der Waals surface area contributed by atoms with Crippen LogP contribution in [0.3, 0.4) is 0 Å². The fraction of sp³-hybridized carbons (Fsp3) is 0.579. The Balaban J connectivity index is 0.00000264. The summed E-state index contributed by atoms with van der Waals surface area (Å²) < 4.78 is 3.19. The summed E-state index contributed by atoms with van der Waals surface area (Å²) in [6, 6.07) is 0. The monoisotopic (exact) mass is 442 g/mol. The first-order chi connectivity index (χ1) is 9.81. The molecule has 0 aromatic rings. The van der Waals surface area contributed by atoms with Crippen LogP contribution < -0.4 is 0 Å². The average Bonchev–Trinajstić information content (AvgIpc) is 2.71. The van der Waals surface area contributed by atoms with Gasteiger partial charge in [0.05, 0.1) is 0 Å². The van der Waals surface area contributed by atoms with Gasteiger partial charge >= 0.3 is 144 Å². The number of hydrogen-bond donors (Lipinski definition) is 0. The molecule has 0 fully saturated rings. The van der Waals surface area contributed by atoms with E-state index in [4.69, 9.17) is 9.30 Å². The van der Waals surface area contributed by atoms with E-state index in [1.54, 1.807) is 7.76 Å². The molecule has 2 aliphatic rings. The summed E-state index contributed by atoms with van der Waals surface area (Å²) >= 11 is -3.39. The van der Waals surface area contributed by atoms with Gasteiger partial charge < -0.3 is 0 Å². The van der Waals surface area contributed by atoms with Gasteiger partial charge in [0.25, 0.3) is 0 Å². The van der Waals surface area contributed by atoms with Crippen LogP contribution in [0.4, 0.5) is 0 Å². The molecule has 0 N–H and O–H groups in total. The largest absolute Gasteiger partial charge is 0.147 e. The fourth-order valence-electron chi connectivity index (χ4n) is 4.96. The molecule has 0 saturated heterocycles. The molecule has 0 saturated carbocycles. The maximum absolute atomic E-state index is 7.68. The number of rotatable bonds is 2. The summed E-state index contributed by atoms with van der Waals surface area (Å²) in [5.74, 6) is 1.01. The normalized spacial score (nSPS) is 25.5. The second-order valence-electron chi connectivity index (χ2n) is 7.98. The molecular weight excluding hydrogens is 411 g/mol. The molecule has 5 heteroatoms. The molecule has 2 unspecified atom stereocenters. The van der Waals surface area contributed by atoms with Gasteiger partial charge in [0.1, 0.15) is 0 Å². The first-order valence-electron chi connectivity index (χ1n) is 8.35. The van der Waals surface area contributed by atoms with Crippen molar-refractivity contribution in [2.45, 2.75) is 60.6 Å². The van der Waals surface area contributed by atoms with Gasteiger partial charge in [-0.2, -0.15) is 0 Å². The van der Waals surface area contributed by atoms with Crippen molar-refractivity contribution in [3.8, 4) is 0 Å². The smallest absolute Gasteiger partial charge is 0.147 e. The quantitative estimate of drug-likeness (QED) is 0.412. The second-order valence-corrected chi connectivity index (χ2v) is 28.8. The molecule has 0 spiro atoms. The van der Waals surface area contributed by atoms with E-state index in [1.807, 2.05) is 0 Å². The van der Waals surface area contributed by atoms with E-state index < -0.39 is 13.0 Å². The maximum Gasteiger partial charge on any atom is -0.147 e. The Morgan fingerprint density at radius 2 is 0.958 bits per heavy atom. The van der Waals surface area contributed by atoms with Crippen LogP contribution in [0.15, 0.2) is 41.2 Å². The Bertz CT molecular complexity index is 701.